The van der Waals surface area contributed by atoms with Gasteiger partial charge < -0.3 is 14.2 Å². The third-order valence-electron chi connectivity index (χ3n) is 18.1. The molecule has 4 heterocycles. The van der Waals surface area contributed by atoms with Crippen LogP contribution in [0.1, 0.15) is 150 Å². The molecule has 1 aliphatic rings. The molecule has 88 heavy (non-hydrogen) atoms. The van der Waals surface area contributed by atoms with Crippen LogP contribution in [0.4, 0.5) is 0 Å². The second-order valence-corrected chi connectivity index (χ2v) is 27.2. The molecule has 2 atom stereocenters. The van der Waals surface area contributed by atoms with Crippen molar-refractivity contribution < 1.29 is 14.2 Å². The zero-order chi connectivity index (χ0) is 60.7. The van der Waals surface area contributed by atoms with Gasteiger partial charge in [0.2, 0.25) is 0 Å². The predicted molar refractivity (Wildman–Crippen MR) is 372 cm³/mol. The van der Waals surface area contributed by atoms with Crippen LogP contribution in [0, 0.1) is 32.6 Å². The highest BCUT2D eigenvalue weighted by Gasteiger charge is 2.46. The minimum atomic E-state index is -0.657. The van der Waals surface area contributed by atoms with Gasteiger partial charge in [0.1, 0.15) is 39.3 Å². The minimum Gasteiger partial charge on any atom is -0.494 e. The molecule has 0 aliphatic heterocycles. The van der Waals surface area contributed by atoms with Crippen LogP contribution < -0.4 is 14.2 Å². The van der Waals surface area contributed by atoms with E-state index in [1.54, 1.807) is 22.7 Å². The van der Waals surface area contributed by atoms with E-state index in [0.717, 1.165) is 126 Å². The number of fused-ring (bicyclic) bond motifs is 5. The van der Waals surface area contributed by atoms with Crippen LogP contribution >= 0.6 is 34.4 Å². The van der Waals surface area contributed by atoms with Crippen molar-refractivity contribution in [3.05, 3.63) is 196 Å². The van der Waals surface area contributed by atoms with E-state index in [4.69, 9.17) is 32.9 Å². The van der Waals surface area contributed by atoms with Crippen LogP contribution in [-0.2, 0) is 5.41 Å². The normalized spacial score (nSPS) is 14.3. The van der Waals surface area contributed by atoms with Gasteiger partial charge in [-0.05, 0) is 170 Å². The Morgan fingerprint density at radius 3 is 1.44 bits per heavy atom. The summed E-state index contributed by atoms with van der Waals surface area (Å²) in [5.74, 6) is 3.74. The number of aromatic nitrogens is 4. The second-order valence-electron chi connectivity index (χ2n) is 24.3. The Kier molecular flexibility index (Phi) is 19.0. The molecule has 0 saturated heterocycles. The zero-order valence-corrected chi connectivity index (χ0v) is 55.0. The van der Waals surface area contributed by atoms with Gasteiger partial charge in [-0.15, -0.1) is 22.7 Å². The molecule has 2 unspecified atom stereocenters. The first-order valence-corrected chi connectivity index (χ1v) is 34.7. The van der Waals surface area contributed by atoms with Crippen LogP contribution in [0.15, 0.2) is 158 Å². The van der Waals surface area contributed by atoms with Crippen molar-refractivity contribution in [1.29, 1.82) is 0 Å². The predicted octanol–water partition coefficient (Wildman–Crippen LogP) is 22.5. The van der Waals surface area contributed by atoms with Gasteiger partial charge >= 0.3 is 0 Å². The quantitative estimate of drug-likeness (QED) is 0.0475. The Hall–Kier alpha value is -7.50. The first-order valence-electron chi connectivity index (χ1n) is 32.3. The zero-order valence-electron chi connectivity index (χ0n) is 52.5. The SMILES string of the molecule is CCCCCCOc1ccc(-c2nc3c(-c4ccc(C)s4)c4nsnc4c(-c4ccc(-c5ccc6c(c5)C(c5ccc(OCC(CC)CCCC)cc5)(c5ccc(OCC(CC)CCCC)cc5)c5cc(C)ccc5-6)s4)c3nc2-c2ccc(C)cc2)cc1. The van der Waals surface area contributed by atoms with Gasteiger partial charge in [-0.1, -0.05) is 182 Å². The topological polar surface area (TPSA) is 79.3 Å². The minimum absolute atomic E-state index is 0.535. The van der Waals surface area contributed by atoms with Gasteiger partial charge in [-0.25, -0.2) is 9.97 Å². The number of benzene rings is 7. The third-order valence-corrected chi connectivity index (χ3v) is 20.8. The third kappa shape index (κ3) is 12.3. The molecule has 0 N–H and O–H groups in total. The lowest BCUT2D eigenvalue weighted by atomic mass is 9.67. The van der Waals surface area contributed by atoms with Crippen LogP contribution in [0.5, 0.6) is 17.2 Å². The molecule has 7 nitrogen and oxygen atoms in total. The standard InChI is InChI=1S/C78H82N4O3S3/c1-9-14-17-18-45-83-60-34-27-56(28-35-60)73-72(55-25-21-50(6)22-26-55)79-75-71(77-76(81-88-82-77)70(74(75)80-73)68-42-24-52(8)86-68)69-44-43-67(87-69)57-29-41-64-63-40-23-51(7)46-65(63)78(66(64)47-57,58-30-36-61(37-31-58)84-48-53(12-4)19-15-10-2)59-32-38-62(39-33-59)85-49-54(13-5)20-16-11-3/h21-44,46-47,53-54H,9-20,45,48-49H2,1-8H3. The number of thiophene rings is 2. The van der Waals surface area contributed by atoms with E-state index in [9.17, 15) is 0 Å². The highest BCUT2D eigenvalue weighted by Crippen LogP contribution is 2.58. The number of hydrogen-bond donors (Lipinski definition) is 0. The van der Waals surface area contributed by atoms with E-state index in [1.807, 2.05) is 0 Å². The fourth-order valence-electron chi connectivity index (χ4n) is 12.9. The summed E-state index contributed by atoms with van der Waals surface area (Å²) in [7, 11) is 0. The molecule has 10 heteroatoms. The van der Waals surface area contributed by atoms with Gasteiger partial charge in [-0.3, -0.25) is 0 Å². The lowest BCUT2D eigenvalue weighted by molar-refractivity contribution is 0.233. The maximum atomic E-state index is 6.61. The summed E-state index contributed by atoms with van der Waals surface area (Å²) in [6.45, 7) is 20.0. The average molecular weight is 1220 g/mol. The Balaban J connectivity index is 1.00. The van der Waals surface area contributed by atoms with E-state index in [1.165, 1.54) is 119 Å². The molecular formula is C78H82N4O3S3. The smallest absolute Gasteiger partial charge is 0.119 e. The molecule has 0 amide bonds. The number of hydrogen-bond acceptors (Lipinski definition) is 10. The van der Waals surface area contributed by atoms with Crippen molar-refractivity contribution in [3.63, 3.8) is 0 Å². The fourth-order valence-corrected chi connectivity index (χ4v) is 15.5. The first kappa shape index (κ1) is 60.8. The number of ether oxygens (including phenoxy) is 3. The number of nitrogens with zero attached hydrogens (tertiary/aromatic N) is 4. The van der Waals surface area contributed by atoms with Crippen molar-refractivity contribution in [2.45, 2.75) is 138 Å². The summed E-state index contributed by atoms with van der Waals surface area (Å²) in [5, 5.41) is 0. The maximum absolute atomic E-state index is 6.61. The molecule has 0 saturated carbocycles. The Morgan fingerprint density at radius 2 is 0.898 bits per heavy atom. The van der Waals surface area contributed by atoms with E-state index in [0.29, 0.717) is 18.4 Å². The van der Waals surface area contributed by atoms with Crippen LogP contribution in [0.2, 0.25) is 0 Å². The summed E-state index contributed by atoms with van der Waals surface area (Å²) in [6.07, 6.45) is 14.1. The molecule has 1 aliphatic carbocycles. The number of aryl methyl sites for hydroxylation is 3. The van der Waals surface area contributed by atoms with Crippen molar-refractivity contribution >= 4 is 56.5 Å². The Labute approximate surface area is 533 Å². The monoisotopic (exact) mass is 1220 g/mol. The second kappa shape index (κ2) is 27.5. The molecule has 450 valence electrons. The summed E-state index contributed by atoms with van der Waals surface area (Å²) in [6, 6.07) is 58.2. The van der Waals surface area contributed by atoms with Crippen molar-refractivity contribution in [2.75, 3.05) is 19.8 Å². The van der Waals surface area contributed by atoms with E-state index in [-0.39, 0.29) is 0 Å². The lowest BCUT2D eigenvalue weighted by Crippen LogP contribution is -2.28. The molecule has 7 aromatic carbocycles. The van der Waals surface area contributed by atoms with Crippen LogP contribution in [0.3, 0.4) is 0 Å². The van der Waals surface area contributed by atoms with Gasteiger partial charge in [0.15, 0.2) is 0 Å². The summed E-state index contributed by atoms with van der Waals surface area (Å²) >= 11 is 4.78. The molecular weight excluding hydrogens is 1140 g/mol. The van der Waals surface area contributed by atoms with Crippen molar-refractivity contribution in [3.8, 4) is 82.2 Å². The average Bonchev–Trinajstić information content (AvgIpc) is 1.59. The van der Waals surface area contributed by atoms with Gasteiger partial charge in [-0.2, -0.15) is 8.75 Å². The first-order chi connectivity index (χ1) is 43.1. The lowest BCUT2D eigenvalue weighted by Gasteiger charge is -2.34. The Bertz CT molecular complexity index is 4100. The molecule has 0 bridgehead atoms. The van der Waals surface area contributed by atoms with E-state index >= 15 is 0 Å². The molecule has 0 spiro atoms. The van der Waals surface area contributed by atoms with Crippen LogP contribution in [0.25, 0.3) is 87.0 Å². The number of unbranched alkanes of at least 4 members (excludes halogenated alkanes) is 5. The van der Waals surface area contributed by atoms with E-state index < -0.39 is 5.41 Å². The summed E-state index contributed by atoms with van der Waals surface area (Å²) in [5.41, 5.74) is 19.1. The largest absolute Gasteiger partial charge is 0.494 e. The molecule has 11 aromatic rings. The van der Waals surface area contributed by atoms with Crippen LogP contribution in [-0.4, -0.2) is 38.5 Å². The maximum Gasteiger partial charge on any atom is 0.119 e. The highest BCUT2D eigenvalue weighted by molar-refractivity contribution is 7.19. The van der Waals surface area contributed by atoms with Gasteiger partial charge in [0.05, 0.1) is 48.4 Å². The summed E-state index contributed by atoms with van der Waals surface area (Å²) < 4.78 is 29.7. The Morgan fingerprint density at radius 1 is 0.420 bits per heavy atom. The summed E-state index contributed by atoms with van der Waals surface area (Å²) in [4.78, 5) is 16.1. The van der Waals surface area contributed by atoms with Gasteiger partial charge in [0, 0.05) is 41.8 Å². The number of rotatable bonds is 27. The highest BCUT2D eigenvalue weighted by atomic mass is 32.1. The fraction of sp³-hybridized carbons (Fsp3) is 0.333. The van der Waals surface area contributed by atoms with Gasteiger partial charge in [0.25, 0.3) is 0 Å². The molecule has 0 radical (unpaired) electrons. The van der Waals surface area contributed by atoms with E-state index in [2.05, 4.69) is 213 Å². The van der Waals surface area contributed by atoms with Crippen molar-refractivity contribution in [2.24, 2.45) is 11.8 Å². The molecule has 12 rings (SSSR count). The van der Waals surface area contributed by atoms with Crippen molar-refractivity contribution in [1.82, 2.24) is 18.7 Å². The molecule has 4 aromatic heterocycles. The molecule has 0 fully saturated rings.